The summed E-state index contributed by atoms with van der Waals surface area (Å²) in [4.78, 5) is 30.0. The molecule has 3 aromatic rings. The van der Waals surface area contributed by atoms with E-state index in [2.05, 4.69) is 43.1 Å². The molecule has 1 N–H and O–H groups in total. The van der Waals surface area contributed by atoms with Crippen LogP contribution in [0.25, 0.3) is 0 Å². The first kappa shape index (κ1) is 20.1. The van der Waals surface area contributed by atoms with Gasteiger partial charge in [-0.1, -0.05) is 6.07 Å². The first-order chi connectivity index (χ1) is 15.6. The maximum atomic E-state index is 13.4. The van der Waals surface area contributed by atoms with E-state index in [1.54, 1.807) is 30.9 Å². The fraction of sp³-hybridized carbons (Fsp3) is 0.250. The molecular formula is C24H23FN6O. The highest BCUT2D eigenvalue weighted by Gasteiger charge is 2.29. The summed E-state index contributed by atoms with van der Waals surface area (Å²) in [5.41, 5.74) is 4.36. The third kappa shape index (κ3) is 3.91. The van der Waals surface area contributed by atoms with E-state index in [1.165, 1.54) is 17.8 Å². The Kier molecular flexibility index (Phi) is 5.26. The van der Waals surface area contributed by atoms with Gasteiger partial charge in [0.15, 0.2) is 0 Å². The van der Waals surface area contributed by atoms with E-state index in [0.717, 1.165) is 48.8 Å². The summed E-state index contributed by atoms with van der Waals surface area (Å²) >= 11 is 0. The van der Waals surface area contributed by atoms with Gasteiger partial charge in [0, 0.05) is 56.2 Å². The monoisotopic (exact) mass is 430 g/mol. The molecule has 2 aliphatic rings. The Balaban J connectivity index is 1.27. The zero-order valence-electron chi connectivity index (χ0n) is 17.7. The second kappa shape index (κ2) is 8.37. The summed E-state index contributed by atoms with van der Waals surface area (Å²) in [5, 5.41) is 2.71. The second-order valence-corrected chi connectivity index (χ2v) is 7.99. The smallest absolute Gasteiger partial charge is 0.237 e. The summed E-state index contributed by atoms with van der Waals surface area (Å²) in [6.45, 7) is 5.64. The molecule has 0 bridgehead atoms. The Morgan fingerprint density at radius 1 is 1.09 bits per heavy atom. The third-order valence-corrected chi connectivity index (χ3v) is 5.94. The highest BCUT2D eigenvalue weighted by Crippen LogP contribution is 2.33. The van der Waals surface area contributed by atoms with Gasteiger partial charge in [0.25, 0.3) is 0 Å². The number of rotatable bonds is 4. The number of carbonyl (C=O) groups excluding carboxylic acids is 1. The number of nitrogens with zero attached hydrogens (tertiary/aromatic N) is 5. The van der Waals surface area contributed by atoms with Crippen LogP contribution in [0.1, 0.15) is 17.0 Å². The zero-order chi connectivity index (χ0) is 22.1. The highest BCUT2D eigenvalue weighted by atomic mass is 19.1. The quantitative estimate of drug-likeness (QED) is 0.639. The predicted octanol–water partition coefficient (Wildman–Crippen LogP) is 3.69. The highest BCUT2D eigenvalue weighted by molar-refractivity contribution is 6.12. The summed E-state index contributed by atoms with van der Waals surface area (Å²) in [6.07, 6.45) is 6.84. The lowest BCUT2D eigenvalue weighted by molar-refractivity contribution is -0.115. The van der Waals surface area contributed by atoms with Gasteiger partial charge in [0.1, 0.15) is 17.6 Å². The Hall–Kier alpha value is -3.81. The van der Waals surface area contributed by atoms with Crippen molar-refractivity contribution in [1.29, 1.82) is 0 Å². The first-order valence-electron chi connectivity index (χ1n) is 10.6. The Morgan fingerprint density at radius 3 is 2.66 bits per heavy atom. The van der Waals surface area contributed by atoms with Gasteiger partial charge in [-0.2, -0.15) is 0 Å². The summed E-state index contributed by atoms with van der Waals surface area (Å²) < 4.78 is 13.4. The van der Waals surface area contributed by atoms with Crippen LogP contribution in [-0.4, -0.2) is 48.3 Å². The molecule has 5 rings (SSSR count). The molecule has 32 heavy (non-hydrogen) atoms. The fourth-order valence-corrected chi connectivity index (χ4v) is 4.27. The predicted molar refractivity (Wildman–Crippen MR) is 124 cm³/mol. The maximum absolute atomic E-state index is 13.4. The van der Waals surface area contributed by atoms with Crippen LogP contribution in [-0.2, 0) is 4.79 Å². The zero-order valence-corrected chi connectivity index (χ0v) is 17.7. The van der Waals surface area contributed by atoms with Crippen LogP contribution in [0.2, 0.25) is 0 Å². The number of aryl methyl sites for hydroxylation is 1. The maximum Gasteiger partial charge on any atom is 0.237 e. The SMILES string of the molecule is Cc1cc(N=CC2C(=O)Nc3cc(F)ccc32)ccc1N1CCN(c2cnccn2)CC1. The van der Waals surface area contributed by atoms with Crippen molar-refractivity contribution in [2.24, 2.45) is 4.99 Å². The van der Waals surface area contributed by atoms with E-state index < -0.39 is 5.92 Å². The van der Waals surface area contributed by atoms with E-state index >= 15 is 0 Å². The normalized spacial score (nSPS) is 18.2. The molecule has 1 unspecified atom stereocenters. The topological polar surface area (TPSA) is 73.7 Å². The van der Waals surface area contributed by atoms with Crippen molar-refractivity contribution < 1.29 is 9.18 Å². The van der Waals surface area contributed by atoms with Crippen molar-refractivity contribution in [1.82, 2.24) is 9.97 Å². The molecule has 1 saturated heterocycles. The molecule has 0 radical (unpaired) electrons. The molecule has 8 heteroatoms. The molecule has 162 valence electrons. The van der Waals surface area contributed by atoms with Gasteiger partial charge < -0.3 is 15.1 Å². The van der Waals surface area contributed by atoms with Gasteiger partial charge in [-0.3, -0.25) is 14.8 Å². The van der Waals surface area contributed by atoms with Crippen LogP contribution in [0.4, 0.5) is 27.3 Å². The van der Waals surface area contributed by atoms with Crippen LogP contribution in [0.3, 0.4) is 0 Å². The molecule has 1 aromatic heterocycles. The number of hydrogen-bond donors (Lipinski definition) is 1. The minimum absolute atomic E-state index is 0.191. The largest absolute Gasteiger partial charge is 0.368 e. The molecule has 0 spiro atoms. The van der Waals surface area contributed by atoms with Gasteiger partial charge in [-0.25, -0.2) is 9.37 Å². The molecule has 1 amide bonds. The molecule has 7 nitrogen and oxygen atoms in total. The van der Waals surface area contributed by atoms with Crippen molar-refractivity contribution >= 4 is 35.0 Å². The number of nitrogens with one attached hydrogen (secondary N) is 1. The lowest BCUT2D eigenvalue weighted by Gasteiger charge is -2.37. The Bertz CT molecular complexity index is 1170. The molecule has 0 saturated carbocycles. The molecule has 3 heterocycles. The van der Waals surface area contributed by atoms with Crippen LogP contribution < -0.4 is 15.1 Å². The lowest BCUT2D eigenvalue weighted by Crippen LogP contribution is -2.47. The number of aromatic nitrogens is 2. The van der Waals surface area contributed by atoms with Crippen LogP contribution >= 0.6 is 0 Å². The molecular weight excluding hydrogens is 407 g/mol. The van der Waals surface area contributed by atoms with E-state index in [0.29, 0.717) is 5.69 Å². The summed E-state index contributed by atoms with van der Waals surface area (Å²) in [7, 11) is 0. The number of benzene rings is 2. The lowest BCUT2D eigenvalue weighted by atomic mass is 10.0. The Morgan fingerprint density at radius 2 is 1.91 bits per heavy atom. The minimum Gasteiger partial charge on any atom is -0.368 e. The molecule has 0 aliphatic carbocycles. The first-order valence-corrected chi connectivity index (χ1v) is 10.6. The molecule has 1 fully saturated rings. The van der Waals surface area contributed by atoms with Gasteiger partial charge in [-0.15, -0.1) is 0 Å². The summed E-state index contributed by atoms with van der Waals surface area (Å²) in [5.74, 6) is -0.164. The van der Waals surface area contributed by atoms with E-state index in [9.17, 15) is 9.18 Å². The number of aliphatic imine (C=N–C) groups is 1. The van der Waals surface area contributed by atoms with Gasteiger partial charge in [0.05, 0.1) is 11.9 Å². The van der Waals surface area contributed by atoms with Crippen molar-refractivity contribution in [3.8, 4) is 0 Å². The number of anilines is 3. The van der Waals surface area contributed by atoms with Crippen molar-refractivity contribution in [2.75, 3.05) is 41.3 Å². The van der Waals surface area contributed by atoms with Crippen LogP contribution in [0.5, 0.6) is 0 Å². The number of amides is 1. The molecule has 1 atom stereocenters. The second-order valence-electron chi connectivity index (χ2n) is 7.99. The van der Waals surface area contributed by atoms with Gasteiger partial charge >= 0.3 is 0 Å². The molecule has 2 aromatic carbocycles. The van der Waals surface area contributed by atoms with Crippen LogP contribution in [0, 0.1) is 12.7 Å². The van der Waals surface area contributed by atoms with Gasteiger partial charge in [0.2, 0.25) is 5.91 Å². The van der Waals surface area contributed by atoms with E-state index in [-0.39, 0.29) is 11.7 Å². The van der Waals surface area contributed by atoms with Crippen molar-refractivity contribution in [3.63, 3.8) is 0 Å². The van der Waals surface area contributed by atoms with Crippen molar-refractivity contribution in [2.45, 2.75) is 12.8 Å². The fourth-order valence-electron chi connectivity index (χ4n) is 4.27. The van der Waals surface area contributed by atoms with Gasteiger partial charge in [-0.05, 0) is 48.4 Å². The number of fused-ring (bicyclic) bond motifs is 1. The van der Waals surface area contributed by atoms with Crippen molar-refractivity contribution in [3.05, 3.63) is 71.9 Å². The average molecular weight is 430 g/mol. The molecule has 2 aliphatic heterocycles. The number of hydrogen-bond acceptors (Lipinski definition) is 6. The average Bonchev–Trinajstić information content (AvgIpc) is 3.12. The Labute approximate surface area is 185 Å². The number of piperazine rings is 1. The minimum atomic E-state index is -0.514. The standard InChI is InChI=1S/C24H23FN6O/c1-16-12-18(28-14-20-19-4-2-17(25)13-21(19)29-24(20)32)3-5-22(16)30-8-10-31(11-9-30)23-15-26-6-7-27-23/h2-7,12-15,20H,8-11H2,1H3,(H,29,32). The van der Waals surface area contributed by atoms with Crippen LogP contribution in [0.15, 0.2) is 60.0 Å². The number of carbonyl (C=O) groups is 1. The van der Waals surface area contributed by atoms with E-state index in [1.807, 2.05) is 12.1 Å². The number of halogens is 1. The summed E-state index contributed by atoms with van der Waals surface area (Å²) in [6, 6.07) is 10.4. The third-order valence-electron chi connectivity index (χ3n) is 5.94. The van der Waals surface area contributed by atoms with E-state index in [4.69, 9.17) is 0 Å².